The molecule has 0 atom stereocenters. The van der Waals surface area contributed by atoms with Crippen LogP contribution in [0.25, 0.3) is 11.1 Å². The first-order chi connectivity index (χ1) is 19.4. The summed E-state index contributed by atoms with van der Waals surface area (Å²) in [5, 5.41) is 11.0. The number of anilines is 1. The first-order valence-electron chi connectivity index (χ1n) is 14.4. The second-order valence-corrected chi connectivity index (χ2v) is 11.2. The lowest BCUT2D eigenvalue weighted by Gasteiger charge is -2.29. The van der Waals surface area contributed by atoms with Gasteiger partial charge in [-0.2, -0.15) is 0 Å². The third kappa shape index (κ3) is 5.85. The second kappa shape index (κ2) is 12.4. The number of fused-ring (bicyclic) bond motifs is 1. The number of phenols is 1. The molecule has 0 unspecified atom stereocenters. The number of benzene rings is 3. The van der Waals surface area contributed by atoms with E-state index in [9.17, 15) is 5.11 Å². The Labute approximate surface area is 236 Å². The van der Waals surface area contributed by atoms with Crippen LogP contribution in [0, 0.1) is 11.7 Å². The number of phenolic OH excluding ortho intramolecular Hbond substituents is 1. The lowest BCUT2D eigenvalue weighted by atomic mass is 9.84. The van der Waals surface area contributed by atoms with E-state index in [4.69, 9.17) is 19.9 Å². The molecule has 214 valence electrons. The standard InChI is InChI=1S/C33H41FN2O4/c1-21-12-14-36(15-13-21)16-17-40-29-11-8-22(19-27(29)34)18-26-32(35)25(20-30(38-2)33(26)39-3)31-24-7-5-4-6-23(24)9-10-28(31)37/h8-11,19-21,37H,4-7,12-18,35H2,1-3H3. The summed E-state index contributed by atoms with van der Waals surface area (Å²) in [4.78, 5) is 2.38. The van der Waals surface area contributed by atoms with E-state index in [1.165, 1.54) is 24.5 Å². The van der Waals surface area contributed by atoms with Crippen LogP contribution in [0.1, 0.15) is 54.9 Å². The van der Waals surface area contributed by atoms with E-state index in [1.54, 1.807) is 26.4 Å². The minimum absolute atomic E-state index is 0.192. The highest BCUT2D eigenvalue weighted by Gasteiger charge is 2.25. The van der Waals surface area contributed by atoms with Crippen molar-refractivity contribution >= 4 is 5.69 Å². The number of hydrogen-bond donors (Lipinski definition) is 2. The number of hydrogen-bond acceptors (Lipinski definition) is 6. The Bertz CT molecular complexity index is 1350. The smallest absolute Gasteiger partial charge is 0.166 e. The van der Waals surface area contributed by atoms with Gasteiger partial charge in [0, 0.05) is 35.3 Å². The van der Waals surface area contributed by atoms with Crippen molar-refractivity contribution in [2.75, 3.05) is 46.2 Å². The van der Waals surface area contributed by atoms with E-state index >= 15 is 4.39 Å². The molecule has 0 spiro atoms. The Morgan fingerprint density at radius 2 is 1.77 bits per heavy atom. The molecule has 2 aliphatic rings. The highest BCUT2D eigenvalue weighted by molar-refractivity contribution is 5.88. The van der Waals surface area contributed by atoms with Gasteiger partial charge in [-0.3, -0.25) is 4.90 Å². The number of methoxy groups -OCH3 is 2. The minimum atomic E-state index is -0.403. The largest absolute Gasteiger partial charge is 0.507 e. The third-order valence-electron chi connectivity index (χ3n) is 8.51. The zero-order chi connectivity index (χ0) is 28.2. The highest BCUT2D eigenvalue weighted by Crippen LogP contribution is 2.47. The van der Waals surface area contributed by atoms with Crippen molar-refractivity contribution in [1.82, 2.24) is 4.90 Å². The van der Waals surface area contributed by atoms with Crippen molar-refractivity contribution in [2.24, 2.45) is 5.92 Å². The van der Waals surface area contributed by atoms with Gasteiger partial charge in [0.1, 0.15) is 12.4 Å². The van der Waals surface area contributed by atoms with E-state index in [2.05, 4.69) is 11.8 Å². The Morgan fingerprint density at radius 1 is 1.00 bits per heavy atom. The van der Waals surface area contributed by atoms with E-state index in [0.29, 0.717) is 41.3 Å². The quantitative estimate of drug-likeness (QED) is 0.302. The summed E-state index contributed by atoms with van der Waals surface area (Å²) in [5.41, 5.74) is 12.5. The minimum Gasteiger partial charge on any atom is -0.507 e. The number of ether oxygens (including phenoxy) is 3. The fraction of sp³-hybridized carbons (Fsp3) is 0.455. The monoisotopic (exact) mass is 548 g/mol. The Morgan fingerprint density at radius 3 is 2.50 bits per heavy atom. The maximum absolute atomic E-state index is 15.1. The van der Waals surface area contributed by atoms with Gasteiger partial charge in [-0.1, -0.05) is 19.1 Å². The van der Waals surface area contributed by atoms with Gasteiger partial charge in [-0.15, -0.1) is 0 Å². The zero-order valence-corrected chi connectivity index (χ0v) is 23.9. The highest BCUT2D eigenvalue weighted by atomic mass is 19.1. The van der Waals surface area contributed by atoms with Crippen LogP contribution in [0.5, 0.6) is 23.0 Å². The summed E-state index contributed by atoms with van der Waals surface area (Å²) in [7, 11) is 3.15. The van der Waals surface area contributed by atoms with Crippen LogP contribution in [-0.2, 0) is 19.3 Å². The molecule has 40 heavy (non-hydrogen) atoms. The summed E-state index contributed by atoms with van der Waals surface area (Å²) in [6.07, 6.45) is 6.79. The van der Waals surface area contributed by atoms with Crippen molar-refractivity contribution in [1.29, 1.82) is 0 Å². The molecule has 0 amide bonds. The first kappa shape index (κ1) is 28.1. The van der Waals surface area contributed by atoms with Crippen molar-refractivity contribution in [2.45, 2.75) is 51.9 Å². The van der Waals surface area contributed by atoms with E-state index < -0.39 is 5.82 Å². The van der Waals surface area contributed by atoms with Gasteiger partial charge in [-0.05, 0) is 98.5 Å². The van der Waals surface area contributed by atoms with Crippen LogP contribution in [0.4, 0.5) is 10.1 Å². The van der Waals surface area contributed by atoms with Gasteiger partial charge in [0.05, 0.1) is 14.2 Å². The van der Waals surface area contributed by atoms with Crippen LogP contribution in [0.2, 0.25) is 0 Å². The molecule has 5 rings (SSSR count). The number of rotatable bonds is 9. The topological polar surface area (TPSA) is 77.2 Å². The first-order valence-corrected chi connectivity index (χ1v) is 14.4. The van der Waals surface area contributed by atoms with Crippen molar-refractivity contribution in [3.63, 3.8) is 0 Å². The molecule has 0 bridgehead atoms. The fourth-order valence-corrected chi connectivity index (χ4v) is 6.13. The number of nitrogens with two attached hydrogens (primary N) is 1. The molecule has 1 aliphatic heterocycles. The van der Waals surface area contributed by atoms with E-state index in [1.807, 2.05) is 18.2 Å². The molecule has 1 saturated heterocycles. The van der Waals surface area contributed by atoms with Gasteiger partial charge in [0.15, 0.2) is 23.1 Å². The molecule has 1 heterocycles. The number of aromatic hydroxyl groups is 1. The molecule has 3 aromatic carbocycles. The van der Waals surface area contributed by atoms with Gasteiger partial charge in [0.2, 0.25) is 0 Å². The second-order valence-electron chi connectivity index (χ2n) is 11.2. The number of halogens is 1. The van der Waals surface area contributed by atoms with Crippen LogP contribution in [-0.4, -0.2) is 50.5 Å². The maximum Gasteiger partial charge on any atom is 0.166 e. The number of nitrogens with zero attached hydrogens (tertiary/aromatic N) is 1. The van der Waals surface area contributed by atoms with Crippen molar-refractivity contribution in [3.8, 4) is 34.1 Å². The molecule has 3 N–H and O–H groups in total. The molecule has 1 aliphatic carbocycles. The summed E-state index contributed by atoms with van der Waals surface area (Å²) >= 11 is 0. The Kier molecular flexibility index (Phi) is 8.69. The molecule has 1 fully saturated rings. The molecular formula is C33H41FN2O4. The number of aryl methyl sites for hydroxylation is 1. The van der Waals surface area contributed by atoms with Crippen LogP contribution < -0.4 is 19.9 Å². The molecule has 3 aromatic rings. The summed E-state index contributed by atoms with van der Waals surface area (Å²) in [5.74, 6) is 1.84. The molecule has 0 aromatic heterocycles. The lowest BCUT2D eigenvalue weighted by Crippen LogP contribution is -2.35. The molecule has 0 radical (unpaired) electrons. The maximum atomic E-state index is 15.1. The fourth-order valence-electron chi connectivity index (χ4n) is 6.13. The normalized spacial score (nSPS) is 16.0. The van der Waals surface area contributed by atoms with E-state index in [-0.39, 0.29) is 11.5 Å². The third-order valence-corrected chi connectivity index (χ3v) is 8.51. The molecule has 0 saturated carbocycles. The number of nitrogen functional groups attached to an aromatic ring is 1. The van der Waals surface area contributed by atoms with Gasteiger partial charge in [-0.25, -0.2) is 4.39 Å². The molecular weight excluding hydrogens is 507 g/mol. The Balaban J connectivity index is 1.41. The summed E-state index contributed by atoms with van der Waals surface area (Å²) < 4.78 is 32.4. The lowest BCUT2D eigenvalue weighted by molar-refractivity contribution is 0.158. The summed E-state index contributed by atoms with van der Waals surface area (Å²) in [6, 6.07) is 10.6. The van der Waals surface area contributed by atoms with E-state index in [0.717, 1.165) is 67.9 Å². The SMILES string of the molecule is COc1cc(-c2c(O)ccc3c2CCCC3)c(N)c(Cc2ccc(OCCN3CCC(C)CC3)c(F)c2)c1OC. The van der Waals surface area contributed by atoms with Crippen molar-refractivity contribution < 1.29 is 23.7 Å². The van der Waals surface area contributed by atoms with Gasteiger partial charge >= 0.3 is 0 Å². The van der Waals surface area contributed by atoms with Gasteiger partial charge in [0.25, 0.3) is 0 Å². The predicted octanol–water partition coefficient (Wildman–Crippen LogP) is 6.38. The molecule has 7 heteroatoms. The number of piperidine rings is 1. The predicted molar refractivity (Wildman–Crippen MR) is 157 cm³/mol. The van der Waals surface area contributed by atoms with Crippen LogP contribution in [0.15, 0.2) is 36.4 Å². The zero-order valence-electron chi connectivity index (χ0n) is 23.9. The average Bonchev–Trinajstić information content (AvgIpc) is 2.96. The molecule has 6 nitrogen and oxygen atoms in total. The van der Waals surface area contributed by atoms with Gasteiger partial charge < -0.3 is 25.1 Å². The van der Waals surface area contributed by atoms with Crippen molar-refractivity contribution in [3.05, 3.63) is 64.5 Å². The van der Waals surface area contributed by atoms with Crippen LogP contribution >= 0.6 is 0 Å². The Hall–Kier alpha value is -3.45. The average molecular weight is 549 g/mol. The summed E-state index contributed by atoms with van der Waals surface area (Å²) in [6.45, 7) is 5.68. The number of likely N-dealkylation sites (tertiary alicyclic amines) is 1. The van der Waals surface area contributed by atoms with Crippen LogP contribution in [0.3, 0.4) is 0 Å².